The molecule has 2 rings (SSSR count). The Morgan fingerprint density at radius 2 is 2.05 bits per heavy atom. The zero-order valence-electron chi connectivity index (χ0n) is 11.9. The molecule has 1 aromatic carbocycles. The smallest absolute Gasteiger partial charge is 0.237 e. The first-order valence-electron chi connectivity index (χ1n) is 6.87. The van der Waals surface area contributed by atoms with Crippen LogP contribution in [0.3, 0.4) is 0 Å². The molecule has 0 atom stereocenters. The van der Waals surface area contributed by atoms with Crippen LogP contribution < -0.4 is 11.1 Å². The van der Waals surface area contributed by atoms with Crippen LogP contribution in [-0.4, -0.2) is 17.0 Å². The van der Waals surface area contributed by atoms with Crippen molar-refractivity contribution in [3.63, 3.8) is 0 Å². The number of amidine groups is 1. The fourth-order valence-electron chi connectivity index (χ4n) is 2.42. The summed E-state index contributed by atoms with van der Waals surface area (Å²) in [5.41, 5.74) is 7.88. The Labute approximate surface area is 118 Å². The van der Waals surface area contributed by atoms with Gasteiger partial charge in [0, 0.05) is 5.69 Å². The van der Waals surface area contributed by atoms with Crippen LogP contribution in [0.15, 0.2) is 23.4 Å². The number of carbonyl (C=O) groups excluding carboxylic acids is 1. The van der Waals surface area contributed by atoms with E-state index in [-0.39, 0.29) is 11.7 Å². The summed E-state index contributed by atoms with van der Waals surface area (Å²) in [6.07, 6.45) is 4.38. The van der Waals surface area contributed by atoms with Crippen LogP contribution in [0.1, 0.15) is 37.8 Å². The van der Waals surface area contributed by atoms with E-state index >= 15 is 0 Å². The molecule has 1 aromatic rings. The lowest BCUT2D eigenvalue weighted by Crippen LogP contribution is -2.42. The first-order chi connectivity index (χ1) is 9.46. The number of carbonyl (C=O) groups is 1. The lowest BCUT2D eigenvalue weighted by atomic mass is 9.88. The van der Waals surface area contributed by atoms with Gasteiger partial charge in [0.25, 0.3) is 0 Å². The average molecular weight is 275 g/mol. The Kier molecular flexibility index (Phi) is 3.97. The summed E-state index contributed by atoms with van der Waals surface area (Å²) in [6.45, 7) is 3.26. The molecule has 5 nitrogen and oxygen atoms in total. The number of nitrogens with zero attached hydrogens (tertiary/aromatic N) is 1. The predicted molar refractivity (Wildman–Crippen MR) is 78.9 cm³/mol. The highest BCUT2D eigenvalue weighted by Crippen LogP contribution is 2.29. The van der Waals surface area contributed by atoms with Crippen molar-refractivity contribution >= 4 is 17.4 Å². The van der Waals surface area contributed by atoms with Crippen molar-refractivity contribution in [2.75, 3.05) is 5.32 Å². The van der Waals surface area contributed by atoms with Crippen LogP contribution in [0.25, 0.3) is 0 Å². The highest BCUT2D eigenvalue weighted by atomic mass is 16.4. The molecule has 4 N–H and O–H groups in total. The van der Waals surface area contributed by atoms with Gasteiger partial charge in [-0.3, -0.25) is 4.79 Å². The summed E-state index contributed by atoms with van der Waals surface area (Å²) in [7, 11) is 0. The maximum atomic E-state index is 12.3. The van der Waals surface area contributed by atoms with Gasteiger partial charge in [-0.05, 0) is 56.7 Å². The van der Waals surface area contributed by atoms with E-state index in [1.807, 2.05) is 12.1 Å². The first-order valence-corrected chi connectivity index (χ1v) is 6.87. The monoisotopic (exact) mass is 275 g/mol. The van der Waals surface area contributed by atoms with Crippen LogP contribution in [-0.2, 0) is 17.6 Å². The zero-order chi connectivity index (χ0) is 14.8. The van der Waals surface area contributed by atoms with E-state index in [4.69, 9.17) is 10.9 Å². The van der Waals surface area contributed by atoms with Gasteiger partial charge in [-0.1, -0.05) is 17.3 Å². The highest BCUT2D eigenvalue weighted by molar-refractivity contribution is 6.11. The number of hydrogen-bond donors (Lipinski definition) is 3. The topological polar surface area (TPSA) is 87.7 Å². The fraction of sp³-hybridized carbons (Fsp3) is 0.467. The van der Waals surface area contributed by atoms with Crippen molar-refractivity contribution in [2.24, 2.45) is 16.3 Å². The van der Waals surface area contributed by atoms with Gasteiger partial charge in [0.2, 0.25) is 5.91 Å². The van der Waals surface area contributed by atoms with Crippen molar-refractivity contribution < 1.29 is 10.0 Å². The molecule has 0 saturated heterocycles. The number of oxime groups is 1. The molecule has 0 fully saturated rings. The molecule has 0 aliphatic heterocycles. The number of rotatable bonds is 3. The molecule has 0 radical (unpaired) electrons. The van der Waals surface area contributed by atoms with Gasteiger partial charge < -0.3 is 16.3 Å². The molecular formula is C15H21N3O2. The second-order valence-corrected chi connectivity index (χ2v) is 5.71. The molecule has 0 heterocycles. The Bertz CT molecular complexity index is 550. The van der Waals surface area contributed by atoms with Crippen molar-refractivity contribution in [1.29, 1.82) is 0 Å². The zero-order valence-corrected chi connectivity index (χ0v) is 11.9. The van der Waals surface area contributed by atoms with Gasteiger partial charge in [0.05, 0.1) is 0 Å². The van der Waals surface area contributed by atoms with Crippen molar-refractivity contribution in [2.45, 2.75) is 39.5 Å². The van der Waals surface area contributed by atoms with E-state index in [1.165, 1.54) is 17.5 Å². The molecule has 1 amide bonds. The minimum Gasteiger partial charge on any atom is -0.409 e. The second-order valence-electron chi connectivity index (χ2n) is 5.71. The molecule has 1 aliphatic carbocycles. The predicted octanol–water partition coefficient (Wildman–Crippen LogP) is 2.28. The number of hydrogen-bond acceptors (Lipinski definition) is 3. The van der Waals surface area contributed by atoms with Gasteiger partial charge in [0.1, 0.15) is 5.41 Å². The van der Waals surface area contributed by atoms with Crippen molar-refractivity contribution in [1.82, 2.24) is 0 Å². The number of amides is 1. The summed E-state index contributed by atoms with van der Waals surface area (Å²) >= 11 is 0. The first kappa shape index (κ1) is 14.4. The molecule has 108 valence electrons. The molecule has 0 bridgehead atoms. The number of benzene rings is 1. The van der Waals surface area contributed by atoms with Crippen LogP contribution in [0, 0.1) is 5.41 Å². The maximum absolute atomic E-state index is 12.3. The van der Waals surface area contributed by atoms with Crippen LogP contribution >= 0.6 is 0 Å². The van der Waals surface area contributed by atoms with Crippen molar-refractivity contribution in [3.05, 3.63) is 29.3 Å². The third-order valence-electron chi connectivity index (χ3n) is 3.96. The van der Waals surface area contributed by atoms with Gasteiger partial charge in [0.15, 0.2) is 5.84 Å². The van der Waals surface area contributed by atoms with E-state index in [0.29, 0.717) is 0 Å². The summed E-state index contributed by atoms with van der Waals surface area (Å²) in [5.74, 6) is -0.369. The van der Waals surface area contributed by atoms with Gasteiger partial charge in [-0.15, -0.1) is 0 Å². The number of anilines is 1. The highest BCUT2D eigenvalue weighted by Gasteiger charge is 2.33. The van der Waals surface area contributed by atoms with Gasteiger partial charge >= 0.3 is 0 Å². The molecular weight excluding hydrogens is 254 g/mol. The Morgan fingerprint density at radius 3 is 2.75 bits per heavy atom. The maximum Gasteiger partial charge on any atom is 0.237 e. The minimum atomic E-state index is -1.05. The molecule has 0 aromatic heterocycles. The summed E-state index contributed by atoms with van der Waals surface area (Å²) in [5, 5.41) is 14.6. The summed E-state index contributed by atoms with van der Waals surface area (Å²) in [6, 6.07) is 5.97. The minimum absolute atomic E-state index is 0.0974. The fourth-order valence-corrected chi connectivity index (χ4v) is 2.42. The number of fused-ring (bicyclic) bond motifs is 1. The molecule has 0 spiro atoms. The normalized spacial score (nSPS) is 15.6. The van der Waals surface area contributed by atoms with Gasteiger partial charge in [-0.25, -0.2) is 0 Å². The molecule has 0 unspecified atom stereocenters. The van der Waals surface area contributed by atoms with Crippen LogP contribution in [0.5, 0.6) is 0 Å². The quantitative estimate of drug-likeness (QED) is 0.342. The van der Waals surface area contributed by atoms with Crippen LogP contribution in [0.4, 0.5) is 5.69 Å². The lowest BCUT2D eigenvalue weighted by Gasteiger charge is -2.24. The number of nitrogens with two attached hydrogens (primary N) is 1. The van der Waals surface area contributed by atoms with E-state index < -0.39 is 5.41 Å². The summed E-state index contributed by atoms with van der Waals surface area (Å²) in [4.78, 5) is 12.3. The van der Waals surface area contributed by atoms with Gasteiger partial charge in [-0.2, -0.15) is 0 Å². The average Bonchev–Trinajstić information content (AvgIpc) is 2.46. The standard InChI is InChI=1S/C15H21N3O2/c1-15(2,13(16)18-20)14(19)17-12-9-5-7-10-6-3-4-8-11(10)12/h5,7,9,20H,3-4,6,8H2,1-2H3,(H2,16,18)(H,17,19). The van der Waals surface area contributed by atoms with E-state index in [0.717, 1.165) is 24.9 Å². The Morgan fingerprint density at radius 1 is 1.35 bits per heavy atom. The molecule has 5 heteroatoms. The van der Waals surface area contributed by atoms with E-state index in [9.17, 15) is 4.79 Å². The Balaban J connectivity index is 2.25. The lowest BCUT2D eigenvalue weighted by molar-refractivity contribution is -0.121. The molecule has 20 heavy (non-hydrogen) atoms. The third kappa shape index (κ3) is 2.61. The summed E-state index contributed by atoms with van der Waals surface area (Å²) < 4.78 is 0. The molecule has 0 saturated carbocycles. The SMILES string of the molecule is CC(C)(C(=O)Nc1cccc2c1CCCC2)C(N)=NO. The van der Waals surface area contributed by atoms with E-state index in [1.54, 1.807) is 13.8 Å². The van der Waals surface area contributed by atoms with Crippen molar-refractivity contribution in [3.8, 4) is 0 Å². The second kappa shape index (κ2) is 5.53. The number of aryl methyl sites for hydroxylation is 1. The largest absolute Gasteiger partial charge is 0.409 e. The third-order valence-corrected chi connectivity index (χ3v) is 3.96. The number of nitrogens with one attached hydrogen (secondary N) is 1. The van der Waals surface area contributed by atoms with E-state index in [2.05, 4.69) is 16.5 Å². The Hall–Kier alpha value is -2.04. The van der Waals surface area contributed by atoms with Crippen LogP contribution in [0.2, 0.25) is 0 Å². The molecule has 1 aliphatic rings.